The van der Waals surface area contributed by atoms with Crippen molar-refractivity contribution in [1.29, 1.82) is 0 Å². The number of nitrogens with one attached hydrogen (secondary N) is 1. The summed E-state index contributed by atoms with van der Waals surface area (Å²) in [5.74, 6) is -0.0467. The van der Waals surface area contributed by atoms with E-state index < -0.39 is 0 Å². The van der Waals surface area contributed by atoms with Gasteiger partial charge in [-0.1, -0.05) is 18.2 Å². The second-order valence-corrected chi connectivity index (χ2v) is 4.38. The van der Waals surface area contributed by atoms with Gasteiger partial charge >= 0.3 is 0 Å². The Bertz CT molecular complexity index is 572. The van der Waals surface area contributed by atoms with Crippen molar-refractivity contribution in [2.45, 2.75) is 0 Å². The third kappa shape index (κ3) is 1.44. The normalized spacial score (nSPS) is 16.2. The van der Waals surface area contributed by atoms with Crippen molar-refractivity contribution in [2.24, 2.45) is 0 Å². The van der Waals surface area contributed by atoms with Crippen molar-refractivity contribution >= 4 is 34.6 Å². The van der Waals surface area contributed by atoms with Crippen LogP contribution in [0.4, 0.5) is 5.69 Å². The molecule has 0 unspecified atom stereocenters. The fraction of sp³-hybridized carbons (Fsp3) is 0. The number of aromatic nitrogens is 1. The van der Waals surface area contributed by atoms with Gasteiger partial charge in [0.05, 0.1) is 11.1 Å². The zero-order valence-corrected chi connectivity index (χ0v) is 9.12. The Morgan fingerprint density at radius 2 is 2.19 bits per heavy atom. The molecule has 0 fully saturated rings. The molecule has 1 aliphatic rings. The van der Waals surface area contributed by atoms with Gasteiger partial charge in [0.1, 0.15) is 0 Å². The first-order valence-electron chi connectivity index (χ1n) is 4.85. The van der Waals surface area contributed by atoms with E-state index in [1.165, 1.54) is 11.3 Å². The lowest BCUT2D eigenvalue weighted by Gasteiger charge is -1.95. The van der Waals surface area contributed by atoms with Crippen LogP contribution in [0.3, 0.4) is 0 Å². The number of carbonyl (C=O) groups excluding carboxylic acids is 1. The van der Waals surface area contributed by atoms with Crippen LogP contribution in [-0.2, 0) is 4.79 Å². The van der Waals surface area contributed by atoms with Gasteiger partial charge < -0.3 is 5.32 Å². The number of hydrogen-bond donors (Lipinski definition) is 1. The van der Waals surface area contributed by atoms with Gasteiger partial charge in [-0.2, -0.15) is 0 Å². The molecule has 16 heavy (non-hydrogen) atoms. The summed E-state index contributed by atoms with van der Waals surface area (Å²) in [4.78, 5) is 16.7. The summed E-state index contributed by atoms with van der Waals surface area (Å²) in [6, 6.07) is 7.69. The summed E-state index contributed by atoms with van der Waals surface area (Å²) >= 11 is 1.52. The highest BCUT2D eigenvalue weighted by molar-refractivity contribution is 7.10. The Labute approximate surface area is 96.5 Å². The predicted molar refractivity (Wildman–Crippen MR) is 65.1 cm³/mol. The molecule has 2 aromatic rings. The molecule has 0 saturated carbocycles. The van der Waals surface area contributed by atoms with E-state index in [1.54, 1.807) is 11.7 Å². The molecule has 2 heterocycles. The van der Waals surface area contributed by atoms with E-state index >= 15 is 0 Å². The number of nitrogens with zero attached hydrogens (tertiary/aromatic N) is 1. The van der Waals surface area contributed by atoms with Crippen molar-refractivity contribution in [3.63, 3.8) is 0 Å². The molecule has 0 saturated heterocycles. The maximum absolute atomic E-state index is 11.8. The maximum Gasteiger partial charge on any atom is 0.256 e. The molecule has 0 radical (unpaired) electrons. The van der Waals surface area contributed by atoms with Gasteiger partial charge in [-0.3, -0.25) is 9.78 Å². The smallest absolute Gasteiger partial charge is 0.256 e. The summed E-state index contributed by atoms with van der Waals surface area (Å²) in [5.41, 5.74) is 4.30. The standard InChI is InChI=1S/C12H8N2OS/c15-12-10(5-8-6-13-7-16-8)9-3-1-2-4-11(9)14-12/h1-7H,(H,14,15). The van der Waals surface area contributed by atoms with Crippen LogP contribution < -0.4 is 5.32 Å². The monoisotopic (exact) mass is 228 g/mol. The quantitative estimate of drug-likeness (QED) is 0.762. The van der Waals surface area contributed by atoms with E-state index in [-0.39, 0.29) is 5.91 Å². The molecule has 1 aliphatic heterocycles. The minimum absolute atomic E-state index is 0.0467. The molecular formula is C12H8N2OS. The number of thiazole rings is 1. The van der Waals surface area contributed by atoms with Crippen molar-refractivity contribution in [2.75, 3.05) is 5.32 Å². The molecule has 78 valence electrons. The maximum atomic E-state index is 11.8. The molecule has 1 amide bonds. The zero-order valence-electron chi connectivity index (χ0n) is 8.31. The van der Waals surface area contributed by atoms with E-state index in [2.05, 4.69) is 10.3 Å². The van der Waals surface area contributed by atoms with Crippen molar-refractivity contribution < 1.29 is 4.79 Å². The number of benzene rings is 1. The van der Waals surface area contributed by atoms with Gasteiger partial charge in [-0.15, -0.1) is 11.3 Å². The number of hydrogen-bond acceptors (Lipinski definition) is 3. The second-order valence-electron chi connectivity index (χ2n) is 3.46. The third-order valence-electron chi connectivity index (χ3n) is 2.45. The summed E-state index contributed by atoms with van der Waals surface area (Å²) in [5, 5.41) is 2.84. The summed E-state index contributed by atoms with van der Waals surface area (Å²) in [6.07, 6.45) is 3.63. The summed E-state index contributed by atoms with van der Waals surface area (Å²) in [6.45, 7) is 0. The Morgan fingerprint density at radius 3 is 3.00 bits per heavy atom. The average Bonchev–Trinajstić information content (AvgIpc) is 2.89. The average molecular weight is 228 g/mol. The molecule has 0 aliphatic carbocycles. The van der Waals surface area contributed by atoms with Crippen LogP contribution >= 0.6 is 11.3 Å². The van der Waals surface area contributed by atoms with Crippen LogP contribution in [-0.4, -0.2) is 10.9 Å². The molecule has 1 aromatic carbocycles. The number of amides is 1. The lowest BCUT2D eigenvalue weighted by Crippen LogP contribution is -2.03. The molecule has 4 heteroatoms. The first-order chi connectivity index (χ1) is 7.84. The van der Waals surface area contributed by atoms with E-state index in [0.717, 1.165) is 16.1 Å². The van der Waals surface area contributed by atoms with Gasteiger partial charge in [-0.05, 0) is 12.1 Å². The molecule has 0 atom stereocenters. The van der Waals surface area contributed by atoms with Gasteiger partial charge in [0, 0.05) is 22.3 Å². The highest BCUT2D eigenvalue weighted by Crippen LogP contribution is 2.32. The Morgan fingerprint density at radius 1 is 1.31 bits per heavy atom. The summed E-state index contributed by atoms with van der Waals surface area (Å²) < 4.78 is 0. The second kappa shape index (κ2) is 3.57. The number of anilines is 1. The molecule has 0 spiro atoms. The van der Waals surface area contributed by atoms with Crippen molar-refractivity contribution in [1.82, 2.24) is 4.98 Å². The van der Waals surface area contributed by atoms with Crippen molar-refractivity contribution in [3.05, 3.63) is 46.4 Å². The van der Waals surface area contributed by atoms with Gasteiger partial charge in [0.25, 0.3) is 5.91 Å². The molecular weight excluding hydrogens is 220 g/mol. The number of rotatable bonds is 1. The van der Waals surface area contributed by atoms with E-state index in [0.29, 0.717) is 5.57 Å². The van der Waals surface area contributed by atoms with E-state index in [4.69, 9.17) is 0 Å². The fourth-order valence-electron chi connectivity index (χ4n) is 1.72. The first kappa shape index (κ1) is 9.30. The van der Waals surface area contributed by atoms with Crippen LogP contribution in [0.2, 0.25) is 0 Å². The topological polar surface area (TPSA) is 42.0 Å². The van der Waals surface area contributed by atoms with Crippen LogP contribution in [0.15, 0.2) is 36.0 Å². The molecule has 1 N–H and O–H groups in total. The van der Waals surface area contributed by atoms with Crippen LogP contribution in [0.5, 0.6) is 0 Å². The lowest BCUT2D eigenvalue weighted by molar-refractivity contribution is -0.110. The third-order valence-corrected chi connectivity index (χ3v) is 3.17. The highest BCUT2D eigenvalue weighted by Gasteiger charge is 2.23. The van der Waals surface area contributed by atoms with E-state index in [9.17, 15) is 4.79 Å². The number of para-hydroxylation sites is 1. The molecule has 1 aromatic heterocycles. The van der Waals surface area contributed by atoms with Gasteiger partial charge in [0.2, 0.25) is 0 Å². The number of fused-ring (bicyclic) bond motifs is 1. The minimum Gasteiger partial charge on any atom is -0.321 e. The van der Waals surface area contributed by atoms with Gasteiger partial charge in [-0.25, -0.2) is 0 Å². The Kier molecular flexibility index (Phi) is 2.08. The van der Waals surface area contributed by atoms with Crippen LogP contribution in [0.1, 0.15) is 10.4 Å². The predicted octanol–water partition coefficient (Wildman–Crippen LogP) is 2.64. The zero-order chi connectivity index (χ0) is 11.0. The molecule has 0 bridgehead atoms. The van der Waals surface area contributed by atoms with Crippen molar-refractivity contribution in [3.8, 4) is 0 Å². The minimum atomic E-state index is -0.0467. The highest BCUT2D eigenvalue weighted by atomic mass is 32.1. The molecule has 3 rings (SSSR count). The summed E-state index contributed by atoms with van der Waals surface area (Å²) in [7, 11) is 0. The molecule has 3 nitrogen and oxygen atoms in total. The number of carbonyl (C=O) groups is 1. The lowest BCUT2D eigenvalue weighted by atomic mass is 10.1. The first-order valence-corrected chi connectivity index (χ1v) is 5.73. The SMILES string of the molecule is O=C1Nc2ccccc2C1=Cc1cncs1. The van der Waals surface area contributed by atoms with E-state index in [1.807, 2.05) is 30.3 Å². The fourth-order valence-corrected chi connectivity index (χ4v) is 2.27. The largest absolute Gasteiger partial charge is 0.321 e. The van der Waals surface area contributed by atoms with Crippen LogP contribution in [0.25, 0.3) is 11.6 Å². The Balaban J connectivity index is 2.12. The Hall–Kier alpha value is -1.94. The van der Waals surface area contributed by atoms with Crippen LogP contribution in [0, 0.1) is 0 Å². The van der Waals surface area contributed by atoms with Gasteiger partial charge in [0.15, 0.2) is 0 Å².